The number of hydrogen-bond donors (Lipinski definition) is 0. The molecule has 0 spiro atoms. The molecule has 57 heavy (non-hydrogen) atoms. The first-order valence-electron chi connectivity index (χ1n) is 25.2. The van der Waals surface area contributed by atoms with Gasteiger partial charge in [0.1, 0.15) is 13.2 Å². The molecule has 0 aromatic rings. The molecule has 0 rings (SSSR count). The predicted molar refractivity (Wildman–Crippen MR) is 243 cm³/mol. The summed E-state index contributed by atoms with van der Waals surface area (Å²) in [6.07, 6.45) is 40.8. The molecule has 338 valence electrons. The lowest BCUT2D eigenvalue weighted by Crippen LogP contribution is -2.30. The first-order chi connectivity index (χ1) is 27.7. The Morgan fingerprint density at radius 1 is 0.351 bits per heavy atom. The van der Waals surface area contributed by atoms with Crippen molar-refractivity contribution in [1.82, 2.24) is 0 Å². The normalized spacial score (nSPS) is 13.1. The minimum absolute atomic E-state index is 0.0658. The van der Waals surface area contributed by atoms with Gasteiger partial charge in [-0.1, -0.05) is 234 Å². The van der Waals surface area contributed by atoms with Gasteiger partial charge in [-0.05, 0) is 37.0 Å². The fourth-order valence-electron chi connectivity index (χ4n) is 7.52. The fourth-order valence-corrected chi connectivity index (χ4v) is 7.52. The smallest absolute Gasteiger partial charge is 0.306 e. The summed E-state index contributed by atoms with van der Waals surface area (Å²) in [5, 5.41) is 0. The zero-order chi connectivity index (χ0) is 42.0. The van der Waals surface area contributed by atoms with Gasteiger partial charge in [0.2, 0.25) is 0 Å². The van der Waals surface area contributed by atoms with Gasteiger partial charge in [-0.2, -0.15) is 0 Å². The first kappa shape index (κ1) is 55.4. The van der Waals surface area contributed by atoms with Crippen LogP contribution in [-0.4, -0.2) is 37.2 Å². The maximum absolute atomic E-state index is 12.7. The Balaban J connectivity index is 4.31. The molecule has 0 N–H and O–H groups in total. The molecule has 0 heterocycles. The molecule has 0 aliphatic carbocycles. The van der Waals surface area contributed by atoms with Crippen molar-refractivity contribution in [2.24, 2.45) is 17.8 Å². The van der Waals surface area contributed by atoms with Crippen molar-refractivity contribution in [2.45, 2.75) is 279 Å². The summed E-state index contributed by atoms with van der Waals surface area (Å²) < 4.78 is 16.8. The van der Waals surface area contributed by atoms with Gasteiger partial charge in [-0.25, -0.2) is 0 Å². The average molecular weight is 807 g/mol. The maximum Gasteiger partial charge on any atom is 0.306 e. The van der Waals surface area contributed by atoms with Gasteiger partial charge in [0, 0.05) is 19.3 Å². The van der Waals surface area contributed by atoms with Crippen LogP contribution in [0.1, 0.15) is 273 Å². The molecule has 0 aromatic heterocycles. The van der Waals surface area contributed by atoms with Gasteiger partial charge >= 0.3 is 17.9 Å². The first-order valence-corrected chi connectivity index (χ1v) is 25.2. The summed E-state index contributed by atoms with van der Waals surface area (Å²) in [6, 6.07) is 0. The Labute approximate surface area is 355 Å². The van der Waals surface area contributed by atoms with Crippen molar-refractivity contribution in [3.8, 4) is 0 Å². The van der Waals surface area contributed by atoms with Crippen molar-refractivity contribution in [3.05, 3.63) is 0 Å². The minimum atomic E-state index is -0.763. The summed E-state index contributed by atoms with van der Waals surface area (Å²) in [5.74, 6) is 1.65. The minimum Gasteiger partial charge on any atom is -0.462 e. The van der Waals surface area contributed by atoms with Crippen LogP contribution < -0.4 is 0 Å². The molecule has 0 aliphatic rings. The van der Waals surface area contributed by atoms with Crippen LogP contribution >= 0.6 is 0 Å². The molecule has 0 amide bonds. The lowest BCUT2D eigenvalue weighted by Gasteiger charge is -2.18. The summed E-state index contributed by atoms with van der Waals surface area (Å²) in [4.78, 5) is 37.9. The molecule has 3 atom stereocenters. The molecular formula is C51H98O6. The molecule has 6 nitrogen and oxygen atoms in total. The maximum atomic E-state index is 12.7. The van der Waals surface area contributed by atoms with E-state index in [4.69, 9.17) is 14.2 Å². The number of unbranched alkanes of at least 4 members (excludes halogenated alkanes) is 25. The van der Waals surface area contributed by atoms with Gasteiger partial charge < -0.3 is 14.2 Å². The van der Waals surface area contributed by atoms with E-state index < -0.39 is 6.10 Å². The fraction of sp³-hybridized carbons (Fsp3) is 0.941. The molecule has 0 aliphatic heterocycles. The van der Waals surface area contributed by atoms with Crippen molar-refractivity contribution < 1.29 is 28.6 Å². The van der Waals surface area contributed by atoms with E-state index in [0.717, 1.165) is 75.5 Å². The second-order valence-electron chi connectivity index (χ2n) is 18.4. The zero-order valence-electron chi connectivity index (χ0n) is 39.1. The van der Waals surface area contributed by atoms with Gasteiger partial charge in [-0.15, -0.1) is 0 Å². The van der Waals surface area contributed by atoms with Gasteiger partial charge in [0.15, 0.2) is 6.10 Å². The van der Waals surface area contributed by atoms with Crippen molar-refractivity contribution in [1.29, 1.82) is 0 Å². The Morgan fingerprint density at radius 2 is 0.614 bits per heavy atom. The van der Waals surface area contributed by atoms with Crippen molar-refractivity contribution in [3.63, 3.8) is 0 Å². The van der Waals surface area contributed by atoms with Crippen LogP contribution in [0.25, 0.3) is 0 Å². The molecule has 0 aromatic carbocycles. The SMILES string of the molecule is CCC(C)CCCCCCCCCCCCC(=O)OC[C@H](COC(=O)CCCCCCCCCCCCCCC(C)C)OC(=O)CCCCCCCCC(C)CC. The largest absolute Gasteiger partial charge is 0.462 e. The van der Waals surface area contributed by atoms with E-state index in [1.807, 2.05) is 0 Å². The van der Waals surface area contributed by atoms with E-state index in [1.165, 1.54) is 154 Å². The van der Waals surface area contributed by atoms with E-state index in [2.05, 4.69) is 41.5 Å². The molecule has 0 saturated carbocycles. The highest BCUT2D eigenvalue weighted by molar-refractivity contribution is 5.71. The molecule has 6 heteroatoms. The van der Waals surface area contributed by atoms with Crippen molar-refractivity contribution in [2.75, 3.05) is 13.2 Å². The number of carbonyl (C=O) groups is 3. The quantitative estimate of drug-likeness (QED) is 0.0347. The van der Waals surface area contributed by atoms with E-state index in [-0.39, 0.29) is 31.1 Å². The highest BCUT2D eigenvalue weighted by atomic mass is 16.6. The summed E-state index contributed by atoms with van der Waals surface area (Å²) in [7, 11) is 0. The third-order valence-electron chi connectivity index (χ3n) is 12.1. The van der Waals surface area contributed by atoms with Crippen LogP contribution in [0.2, 0.25) is 0 Å². The van der Waals surface area contributed by atoms with Crippen LogP contribution in [0, 0.1) is 17.8 Å². The van der Waals surface area contributed by atoms with Crippen LogP contribution in [0.5, 0.6) is 0 Å². The second-order valence-corrected chi connectivity index (χ2v) is 18.4. The molecule has 0 fully saturated rings. The number of esters is 3. The Bertz CT molecular complexity index is 887. The van der Waals surface area contributed by atoms with Crippen LogP contribution in [0.4, 0.5) is 0 Å². The lowest BCUT2D eigenvalue weighted by atomic mass is 9.99. The molecule has 0 saturated heterocycles. The predicted octanol–water partition coefficient (Wildman–Crippen LogP) is 16.0. The zero-order valence-corrected chi connectivity index (χ0v) is 39.1. The highest BCUT2D eigenvalue weighted by Gasteiger charge is 2.19. The Kier molecular flexibility index (Phi) is 41.3. The Hall–Kier alpha value is -1.59. The standard InChI is InChI=1S/C51H98O6/c1-7-46(5)38-32-26-20-16-13-14-18-22-29-35-41-50(53)56-44-48(57-51(54)42-36-30-24-23-27-33-39-47(6)8-2)43-55-49(52)40-34-28-21-17-12-10-9-11-15-19-25-31-37-45(3)4/h45-48H,7-44H2,1-6H3/t46?,47?,48-/m0/s1. The molecule has 2 unspecified atom stereocenters. The van der Waals surface area contributed by atoms with E-state index >= 15 is 0 Å². The molecule has 0 bridgehead atoms. The van der Waals surface area contributed by atoms with E-state index in [9.17, 15) is 14.4 Å². The van der Waals surface area contributed by atoms with Gasteiger partial charge in [0.25, 0.3) is 0 Å². The lowest BCUT2D eigenvalue weighted by molar-refractivity contribution is -0.167. The van der Waals surface area contributed by atoms with Gasteiger partial charge in [-0.3, -0.25) is 14.4 Å². The third kappa shape index (κ3) is 42.3. The summed E-state index contributed by atoms with van der Waals surface area (Å²) in [6.45, 7) is 13.7. The molecular weight excluding hydrogens is 709 g/mol. The van der Waals surface area contributed by atoms with Crippen LogP contribution in [0.3, 0.4) is 0 Å². The third-order valence-corrected chi connectivity index (χ3v) is 12.1. The van der Waals surface area contributed by atoms with Crippen LogP contribution in [0.15, 0.2) is 0 Å². The number of carbonyl (C=O) groups excluding carboxylic acids is 3. The van der Waals surface area contributed by atoms with E-state index in [0.29, 0.717) is 19.3 Å². The molecule has 0 radical (unpaired) electrons. The summed E-state index contributed by atoms with van der Waals surface area (Å²) in [5.41, 5.74) is 0. The number of ether oxygens (including phenoxy) is 3. The number of rotatable bonds is 44. The topological polar surface area (TPSA) is 78.9 Å². The summed E-state index contributed by atoms with van der Waals surface area (Å²) >= 11 is 0. The number of hydrogen-bond acceptors (Lipinski definition) is 6. The van der Waals surface area contributed by atoms with Crippen LogP contribution in [-0.2, 0) is 28.6 Å². The highest BCUT2D eigenvalue weighted by Crippen LogP contribution is 2.18. The average Bonchev–Trinajstić information content (AvgIpc) is 3.19. The van der Waals surface area contributed by atoms with Crippen molar-refractivity contribution >= 4 is 17.9 Å². The second kappa shape index (κ2) is 42.5. The Morgan fingerprint density at radius 3 is 0.912 bits per heavy atom. The monoisotopic (exact) mass is 807 g/mol. The van der Waals surface area contributed by atoms with Gasteiger partial charge in [0.05, 0.1) is 0 Å². The van der Waals surface area contributed by atoms with E-state index in [1.54, 1.807) is 0 Å².